The second-order valence-electron chi connectivity index (χ2n) is 2.19. The van der Waals surface area contributed by atoms with E-state index in [-0.39, 0.29) is 10.8 Å². The number of nitrogens with two attached hydrogens (primary N) is 1. The second-order valence-corrected chi connectivity index (χ2v) is 2.57. The van der Waals surface area contributed by atoms with Crippen LogP contribution in [0.4, 0.5) is 5.82 Å². The monoisotopic (exact) mass is 184 g/mol. The van der Waals surface area contributed by atoms with Gasteiger partial charge in [-0.3, -0.25) is 0 Å². The number of nitrogen functional groups attached to an aromatic ring is 1. The van der Waals surface area contributed by atoms with Gasteiger partial charge in [0.05, 0.1) is 6.26 Å². The third-order valence-corrected chi connectivity index (χ3v) is 1.77. The van der Waals surface area contributed by atoms with Crippen molar-refractivity contribution in [2.75, 3.05) is 5.73 Å². The van der Waals surface area contributed by atoms with Crippen LogP contribution in [-0.4, -0.2) is 5.16 Å². The molecule has 12 heavy (non-hydrogen) atoms. The van der Waals surface area contributed by atoms with Crippen LogP contribution < -0.4 is 5.73 Å². The summed E-state index contributed by atoms with van der Waals surface area (Å²) in [5.74, 6) is 1.05. The number of furan rings is 1. The second kappa shape index (κ2) is 2.57. The van der Waals surface area contributed by atoms with Crippen molar-refractivity contribution in [3.63, 3.8) is 0 Å². The molecule has 0 fully saturated rings. The van der Waals surface area contributed by atoms with E-state index in [9.17, 15) is 0 Å². The molecule has 0 radical (unpaired) electrons. The summed E-state index contributed by atoms with van der Waals surface area (Å²) < 4.78 is 9.88. The lowest BCUT2D eigenvalue weighted by Gasteiger charge is -1.87. The number of rotatable bonds is 1. The Balaban J connectivity index is 2.55. The lowest BCUT2D eigenvalue weighted by molar-refractivity contribution is 0.421. The van der Waals surface area contributed by atoms with E-state index in [0.717, 1.165) is 0 Å². The molecular weight excluding hydrogens is 180 g/mol. The fraction of sp³-hybridized carbons (Fsp3) is 0. The Bertz CT molecular complexity index is 380. The lowest BCUT2D eigenvalue weighted by Crippen LogP contribution is -1.82. The van der Waals surface area contributed by atoms with Gasteiger partial charge in [0.15, 0.2) is 11.6 Å². The van der Waals surface area contributed by atoms with Gasteiger partial charge in [-0.1, -0.05) is 16.8 Å². The Morgan fingerprint density at radius 3 is 2.83 bits per heavy atom. The Hall–Kier alpha value is -1.42. The van der Waals surface area contributed by atoms with Crippen molar-refractivity contribution < 1.29 is 8.94 Å². The molecule has 0 aliphatic carbocycles. The maximum Gasteiger partial charge on any atom is 0.222 e. The lowest BCUT2D eigenvalue weighted by atomic mass is 10.3. The van der Waals surface area contributed by atoms with Gasteiger partial charge in [-0.2, -0.15) is 0 Å². The highest BCUT2D eigenvalue weighted by Crippen LogP contribution is 2.31. The van der Waals surface area contributed by atoms with Crippen LogP contribution in [0.3, 0.4) is 0 Å². The smallest absolute Gasteiger partial charge is 0.222 e. The number of halogens is 1. The van der Waals surface area contributed by atoms with Crippen molar-refractivity contribution in [3.8, 4) is 11.5 Å². The molecule has 0 unspecified atom stereocenters. The minimum atomic E-state index is 0.170. The topological polar surface area (TPSA) is 65.2 Å². The number of anilines is 1. The van der Waals surface area contributed by atoms with Crippen LogP contribution >= 0.6 is 11.6 Å². The molecule has 4 nitrogen and oxygen atoms in total. The van der Waals surface area contributed by atoms with Gasteiger partial charge < -0.3 is 14.7 Å². The van der Waals surface area contributed by atoms with E-state index in [2.05, 4.69) is 5.16 Å². The van der Waals surface area contributed by atoms with E-state index in [1.165, 1.54) is 6.26 Å². The average molecular weight is 185 g/mol. The largest absolute Gasteiger partial charge is 0.461 e. The van der Waals surface area contributed by atoms with Crippen LogP contribution in [0.5, 0.6) is 0 Å². The molecule has 0 aromatic carbocycles. The highest BCUT2D eigenvalue weighted by Gasteiger charge is 2.15. The van der Waals surface area contributed by atoms with Gasteiger partial charge in [0.2, 0.25) is 5.76 Å². The highest BCUT2D eigenvalue weighted by atomic mass is 35.5. The first-order chi connectivity index (χ1) is 5.79. The molecule has 0 bridgehead atoms. The molecule has 0 aliphatic rings. The maximum absolute atomic E-state index is 5.76. The van der Waals surface area contributed by atoms with Crippen LogP contribution in [0.2, 0.25) is 5.02 Å². The van der Waals surface area contributed by atoms with E-state index < -0.39 is 0 Å². The summed E-state index contributed by atoms with van der Waals surface area (Å²) in [5, 5.41) is 3.77. The molecule has 2 rings (SSSR count). The first-order valence-corrected chi connectivity index (χ1v) is 3.61. The quantitative estimate of drug-likeness (QED) is 0.738. The predicted octanol–water partition coefficient (Wildman–Crippen LogP) is 2.17. The van der Waals surface area contributed by atoms with Crippen LogP contribution in [-0.2, 0) is 0 Å². The molecule has 2 heterocycles. The van der Waals surface area contributed by atoms with Gasteiger partial charge in [-0.25, -0.2) is 0 Å². The fourth-order valence-electron chi connectivity index (χ4n) is 0.852. The molecule has 0 amide bonds. The van der Waals surface area contributed by atoms with Crippen molar-refractivity contribution in [1.29, 1.82) is 0 Å². The molecule has 62 valence electrons. The molecule has 0 saturated heterocycles. The minimum absolute atomic E-state index is 0.170. The standard InChI is InChI=1S/C7H5ClN2O2/c8-5-6(12-10-7(5)9)4-2-1-3-11-4/h1-3H,(H2,9,10). The van der Waals surface area contributed by atoms with Crippen molar-refractivity contribution in [2.24, 2.45) is 0 Å². The van der Waals surface area contributed by atoms with Gasteiger partial charge >= 0.3 is 0 Å². The number of aromatic nitrogens is 1. The maximum atomic E-state index is 5.76. The normalized spacial score (nSPS) is 10.4. The van der Waals surface area contributed by atoms with Gasteiger partial charge in [0, 0.05) is 0 Å². The van der Waals surface area contributed by atoms with E-state index >= 15 is 0 Å². The molecular formula is C7H5ClN2O2. The summed E-state index contributed by atoms with van der Waals surface area (Å²) in [7, 11) is 0. The first-order valence-electron chi connectivity index (χ1n) is 3.23. The summed E-state index contributed by atoms with van der Waals surface area (Å²) in [5.41, 5.74) is 5.37. The Kier molecular flexibility index (Phi) is 1.55. The Morgan fingerprint density at radius 2 is 2.33 bits per heavy atom. The predicted molar refractivity (Wildman–Crippen MR) is 43.6 cm³/mol. The van der Waals surface area contributed by atoms with Crippen LogP contribution in [0.15, 0.2) is 27.3 Å². The third kappa shape index (κ3) is 0.967. The van der Waals surface area contributed by atoms with Crippen LogP contribution in [0.1, 0.15) is 0 Å². The molecule has 0 aliphatic heterocycles. The summed E-state index contributed by atoms with van der Waals surface area (Å²) >= 11 is 5.76. The summed E-state index contributed by atoms with van der Waals surface area (Å²) in [6.45, 7) is 0. The van der Waals surface area contributed by atoms with Crippen LogP contribution in [0.25, 0.3) is 11.5 Å². The fourth-order valence-corrected chi connectivity index (χ4v) is 1.01. The number of hydrogen-bond acceptors (Lipinski definition) is 4. The molecule has 2 N–H and O–H groups in total. The van der Waals surface area contributed by atoms with E-state index in [4.69, 9.17) is 26.3 Å². The average Bonchev–Trinajstić information content (AvgIpc) is 2.64. The number of nitrogens with zero attached hydrogens (tertiary/aromatic N) is 1. The molecule has 0 atom stereocenters. The number of hydrogen-bond donors (Lipinski definition) is 1. The molecule has 0 spiro atoms. The van der Waals surface area contributed by atoms with Crippen molar-refractivity contribution in [2.45, 2.75) is 0 Å². The third-order valence-electron chi connectivity index (χ3n) is 1.40. The zero-order chi connectivity index (χ0) is 8.55. The SMILES string of the molecule is Nc1noc(-c2ccco2)c1Cl. The summed E-state index contributed by atoms with van der Waals surface area (Å²) in [6, 6.07) is 3.44. The minimum Gasteiger partial charge on any atom is -0.461 e. The van der Waals surface area contributed by atoms with Crippen molar-refractivity contribution in [3.05, 3.63) is 23.4 Å². The summed E-state index contributed by atoms with van der Waals surface area (Å²) in [6.07, 6.45) is 1.52. The zero-order valence-corrected chi connectivity index (χ0v) is 6.71. The first kappa shape index (κ1) is 7.24. The van der Waals surface area contributed by atoms with Gasteiger partial charge in [0.1, 0.15) is 5.02 Å². The van der Waals surface area contributed by atoms with Crippen molar-refractivity contribution >= 4 is 17.4 Å². The van der Waals surface area contributed by atoms with E-state index in [1.54, 1.807) is 12.1 Å². The zero-order valence-electron chi connectivity index (χ0n) is 5.95. The van der Waals surface area contributed by atoms with Gasteiger partial charge in [0.25, 0.3) is 0 Å². The van der Waals surface area contributed by atoms with Crippen LogP contribution in [0, 0.1) is 0 Å². The van der Waals surface area contributed by atoms with Gasteiger partial charge in [-0.05, 0) is 12.1 Å². The molecule has 0 saturated carbocycles. The van der Waals surface area contributed by atoms with Gasteiger partial charge in [-0.15, -0.1) is 0 Å². The Labute approximate surface area is 72.9 Å². The summed E-state index contributed by atoms with van der Waals surface area (Å²) in [4.78, 5) is 0. The molecule has 2 aromatic rings. The van der Waals surface area contributed by atoms with E-state index in [0.29, 0.717) is 11.5 Å². The highest BCUT2D eigenvalue weighted by molar-refractivity contribution is 6.35. The van der Waals surface area contributed by atoms with Crippen molar-refractivity contribution in [1.82, 2.24) is 5.16 Å². The Morgan fingerprint density at radius 1 is 1.50 bits per heavy atom. The molecule has 5 heteroatoms. The van der Waals surface area contributed by atoms with E-state index in [1.807, 2.05) is 0 Å². The molecule has 2 aromatic heterocycles.